The molecule has 0 fully saturated rings. The van der Waals surface area contributed by atoms with E-state index in [4.69, 9.17) is 5.73 Å². The van der Waals surface area contributed by atoms with Crippen molar-refractivity contribution in [2.24, 2.45) is 5.41 Å². The lowest BCUT2D eigenvalue weighted by atomic mass is 9.83. The lowest BCUT2D eigenvalue weighted by molar-refractivity contribution is 0.319. The highest BCUT2D eigenvalue weighted by molar-refractivity contribution is 5.19. The second-order valence-corrected chi connectivity index (χ2v) is 4.21. The molecule has 1 N–H and O–H groups in total. The summed E-state index contributed by atoms with van der Waals surface area (Å²) in [5, 5.41) is 0. The van der Waals surface area contributed by atoms with E-state index in [9.17, 15) is 0 Å². The molecule has 1 radical (unpaired) electrons. The van der Waals surface area contributed by atoms with Crippen LogP contribution in [0.15, 0.2) is 30.3 Å². The van der Waals surface area contributed by atoms with Gasteiger partial charge < -0.3 is 0 Å². The first-order valence-electron chi connectivity index (χ1n) is 4.28. The van der Waals surface area contributed by atoms with E-state index >= 15 is 0 Å². The van der Waals surface area contributed by atoms with E-state index in [1.807, 2.05) is 30.3 Å². The molecule has 1 heteroatoms. The molecule has 0 heterocycles. The molecule has 1 aromatic carbocycles. The van der Waals surface area contributed by atoms with Crippen molar-refractivity contribution in [2.75, 3.05) is 0 Å². The fourth-order valence-electron chi connectivity index (χ4n) is 1.15. The van der Waals surface area contributed by atoms with E-state index in [2.05, 4.69) is 20.8 Å². The summed E-state index contributed by atoms with van der Waals surface area (Å²) in [5.74, 6) is 0. The van der Waals surface area contributed by atoms with Crippen molar-refractivity contribution in [3.05, 3.63) is 35.9 Å². The Hall–Kier alpha value is -0.820. The molecule has 0 aliphatic rings. The van der Waals surface area contributed by atoms with Crippen LogP contribution in [0.5, 0.6) is 0 Å². The Morgan fingerprint density at radius 1 is 1.08 bits per heavy atom. The van der Waals surface area contributed by atoms with Gasteiger partial charge in [-0.05, 0) is 11.0 Å². The summed E-state index contributed by atoms with van der Waals surface area (Å²) in [6, 6.07) is 9.87. The molecule has 0 aliphatic heterocycles. The van der Waals surface area contributed by atoms with Crippen LogP contribution in [-0.2, 0) is 0 Å². The van der Waals surface area contributed by atoms with Crippen LogP contribution in [0.1, 0.15) is 32.4 Å². The van der Waals surface area contributed by atoms with Gasteiger partial charge in [0.05, 0.1) is 6.04 Å². The van der Waals surface area contributed by atoms with Gasteiger partial charge in [0, 0.05) is 0 Å². The van der Waals surface area contributed by atoms with Crippen LogP contribution < -0.4 is 5.73 Å². The Bertz CT molecular complexity index is 233. The van der Waals surface area contributed by atoms with Gasteiger partial charge in [-0.25, -0.2) is 5.73 Å². The van der Waals surface area contributed by atoms with E-state index in [1.165, 1.54) is 0 Å². The Kier molecular flexibility index (Phi) is 2.53. The van der Waals surface area contributed by atoms with Crippen LogP contribution in [0, 0.1) is 5.41 Å². The summed E-state index contributed by atoms with van der Waals surface area (Å²) in [4.78, 5) is 0. The Labute approximate surface area is 74.6 Å². The molecule has 1 aromatic rings. The first kappa shape index (κ1) is 9.27. The average molecular weight is 162 g/mol. The van der Waals surface area contributed by atoms with E-state index < -0.39 is 0 Å². The van der Waals surface area contributed by atoms with Gasteiger partial charge in [0.2, 0.25) is 0 Å². The summed E-state index contributed by atoms with van der Waals surface area (Å²) in [6.07, 6.45) is 0. The van der Waals surface area contributed by atoms with Crippen LogP contribution in [0.25, 0.3) is 0 Å². The molecule has 1 atom stereocenters. The number of benzene rings is 1. The molecule has 1 nitrogen and oxygen atoms in total. The van der Waals surface area contributed by atoms with Crippen molar-refractivity contribution in [3.63, 3.8) is 0 Å². The molecule has 1 rings (SSSR count). The highest BCUT2D eigenvalue weighted by Crippen LogP contribution is 2.31. The largest absolute Gasteiger partial charge is 0.249 e. The second kappa shape index (κ2) is 3.28. The highest BCUT2D eigenvalue weighted by atomic mass is 14.7. The third-order valence-corrected chi connectivity index (χ3v) is 2.00. The Morgan fingerprint density at radius 2 is 1.58 bits per heavy atom. The van der Waals surface area contributed by atoms with Gasteiger partial charge in [-0.3, -0.25) is 0 Å². The van der Waals surface area contributed by atoms with Gasteiger partial charge >= 0.3 is 0 Å². The molecule has 0 aromatic heterocycles. The molecule has 0 saturated carbocycles. The summed E-state index contributed by atoms with van der Waals surface area (Å²) in [5.41, 5.74) is 9.10. The minimum atomic E-state index is -0.126. The number of hydrogen-bond donors (Lipinski definition) is 0. The molecular weight excluding hydrogens is 146 g/mol. The van der Waals surface area contributed by atoms with Crippen molar-refractivity contribution < 1.29 is 0 Å². The minimum Gasteiger partial charge on any atom is -0.249 e. The zero-order valence-corrected chi connectivity index (χ0v) is 7.96. The molecule has 65 valence electrons. The van der Waals surface area contributed by atoms with Crippen molar-refractivity contribution in [3.8, 4) is 0 Å². The van der Waals surface area contributed by atoms with Crippen LogP contribution >= 0.6 is 0 Å². The van der Waals surface area contributed by atoms with Gasteiger partial charge in [-0.15, -0.1) is 0 Å². The lowest BCUT2D eigenvalue weighted by Crippen LogP contribution is -2.19. The van der Waals surface area contributed by atoms with Gasteiger partial charge in [-0.1, -0.05) is 51.1 Å². The standard InChI is InChI=1S/C11H16N/c1-11(2,3)10(12)9-7-5-4-6-8-9/h4-8,10,12H,1-3H3. The maximum atomic E-state index is 7.96. The van der Waals surface area contributed by atoms with Crippen molar-refractivity contribution in [1.29, 1.82) is 0 Å². The molecule has 0 spiro atoms. The molecule has 1 unspecified atom stereocenters. The van der Waals surface area contributed by atoms with E-state index in [1.54, 1.807) is 0 Å². The van der Waals surface area contributed by atoms with E-state index in [0.717, 1.165) is 5.56 Å². The highest BCUT2D eigenvalue weighted by Gasteiger charge is 2.22. The Balaban J connectivity index is 2.86. The minimum absolute atomic E-state index is 0.0291. The van der Waals surface area contributed by atoms with E-state index in [0.29, 0.717) is 0 Å². The third kappa shape index (κ3) is 2.08. The predicted octanol–water partition coefficient (Wildman–Crippen LogP) is 3.06. The van der Waals surface area contributed by atoms with E-state index in [-0.39, 0.29) is 11.5 Å². The first-order chi connectivity index (χ1) is 5.52. The summed E-state index contributed by atoms with van der Waals surface area (Å²) in [7, 11) is 0. The molecule has 0 aliphatic carbocycles. The zero-order chi connectivity index (χ0) is 9.19. The van der Waals surface area contributed by atoms with Gasteiger partial charge in [0.25, 0.3) is 0 Å². The van der Waals surface area contributed by atoms with Crippen LogP contribution in [0.3, 0.4) is 0 Å². The summed E-state index contributed by atoms with van der Waals surface area (Å²) in [6.45, 7) is 6.28. The third-order valence-electron chi connectivity index (χ3n) is 2.00. The second-order valence-electron chi connectivity index (χ2n) is 4.21. The lowest BCUT2D eigenvalue weighted by Gasteiger charge is -2.26. The fourth-order valence-corrected chi connectivity index (χ4v) is 1.15. The fraction of sp³-hybridized carbons (Fsp3) is 0.455. The van der Waals surface area contributed by atoms with Gasteiger partial charge in [0.1, 0.15) is 0 Å². The summed E-state index contributed by atoms with van der Waals surface area (Å²) < 4.78 is 0. The number of hydrogen-bond acceptors (Lipinski definition) is 0. The van der Waals surface area contributed by atoms with Crippen LogP contribution in [0.4, 0.5) is 0 Å². The monoisotopic (exact) mass is 162 g/mol. The van der Waals surface area contributed by atoms with Crippen LogP contribution in [-0.4, -0.2) is 0 Å². The molecule has 12 heavy (non-hydrogen) atoms. The SMILES string of the molecule is CC(C)(C)C([NH])c1ccccc1. The van der Waals surface area contributed by atoms with Crippen molar-refractivity contribution >= 4 is 0 Å². The molecular formula is C11H16N. The van der Waals surface area contributed by atoms with Crippen LogP contribution in [0.2, 0.25) is 0 Å². The van der Waals surface area contributed by atoms with Gasteiger partial charge in [-0.2, -0.15) is 0 Å². The first-order valence-corrected chi connectivity index (χ1v) is 4.28. The normalized spacial score (nSPS) is 14.3. The maximum Gasteiger partial charge on any atom is 0.0510 e. The maximum absolute atomic E-state index is 7.96. The number of rotatable bonds is 1. The quantitative estimate of drug-likeness (QED) is 0.606. The number of nitrogens with one attached hydrogen (secondary N) is 1. The Morgan fingerprint density at radius 3 is 2.00 bits per heavy atom. The van der Waals surface area contributed by atoms with Crippen molar-refractivity contribution in [1.82, 2.24) is 5.73 Å². The topological polar surface area (TPSA) is 23.8 Å². The van der Waals surface area contributed by atoms with Gasteiger partial charge in [0.15, 0.2) is 0 Å². The average Bonchev–Trinajstić information content (AvgIpc) is 2.03. The predicted molar refractivity (Wildman–Crippen MR) is 51.7 cm³/mol. The zero-order valence-electron chi connectivity index (χ0n) is 7.96. The molecule has 0 amide bonds. The molecule has 0 saturated heterocycles. The molecule has 0 bridgehead atoms. The summed E-state index contributed by atoms with van der Waals surface area (Å²) >= 11 is 0. The van der Waals surface area contributed by atoms with Crippen molar-refractivity contribution in [2.45, 2.75) is 26.8 Å². The smallest absolute Gasteiger partial charge is 0.0510 e.